The van der Waals surface area contributed by atoms with Crippen molar-refractivity contribution in [3.05, 3.63) is 0 Å². The van der Waals surface area contributed by atoms with E-state index in [1.807, 2.05) is 0 Å². The number of hydroxylamine groups is 2. The molecule has 1 fully saturated rings. The number of aliphatic hydroxyl groups is 2. The Labute approximate surface area is 221 Å². The van der Waals surface area contributed by atoms with E-state index in [1.54, 1.807) is 0 Å². The highest BCUT2D eigenvalue weighted by molar-refractivity contribution is 6.01. The first-order valence-electron chi connectivity index (χ1n) is 11.7. The molecule has 2 unspecified atom stereocenters. The molecule has 0 aromatic heterocycles. The first kappa shape index (κ1) is 41.5. The van der Waals surface area contributed by atoms with Crippen molar-refractivity contribution in [2.75, 3.05) is 26.3 Å². The van der Waals surface area contributed by atoms with Crippen LogP contribution in [0.1, 0.15) is 87.0 Å². The van der Waals surface area contributed by atoms with Crippen LogP contribution in [0.15, 0.2) is 0 Å². The van der Waals surface area contributed by atoms with Crippen LogP contribution in [0.3, 0.4) is 0 Å². The zero-order valence-electron chi connectivity index (χ0n) is 21.1. The van der Waals surface area contributed by atoms with Crippen molar-refractivity contribution in [1.82, 2.24) is 15.7 Å². The fraction of sp³-hybridized carbons (Fsp3) is 0.792. The van der Waals surface area contributed by atoms with Crippen LogP contribution in [-0.4, -0.2) is 83.3 Å². The van der Waals surface area contributed by atoms with Gasteiger partial charge >= 0.3 is 5.97 Å². The van der Waals surface area contributed by atoms with E-state index in [-0.39, 0.29) is 64.8 Å². The second-order valence-electron chi connectivity index (χ2n) is 7.95. The van der Waals surface area contributed by atoms with Gasteiger partial charge in [0.05, 0.1) is 19.3 Å². The Kier molecular flexibility index (Phi) is 29.7. The molecule has 1 aliphatic heterocycles. The van der Waals surface area contributed by atoms with Crippen LogP contribution in [0.4, 0.5) is 0 Å². The monoisotopic (exact) mass is 537 g/mol. The van der Waals surface area contributed by atoms with Gasteiger partial charge in [-0.3, -0.25) is 19.2 Å². The molecule has 0 saturated carbocycles. The molecule has 2 atom stereocenters. The molecule has 13 nitrogen and oxygen atoms in total. The number of aliphatic hydroxyl groups excluding tert-OH is 2. The molecule has 0 spiro atoms. The lowest BCUT2D eigenvalue weighted by Gasteiger charge is -2.14. The standard InChI is InChI=1S/C10H20N2O3.C6H16N2O.C6H7NO4.2CH4/c1-8(14)11-6-4-3-5-10(7-13)12-9(2)15;7-4-2-1-3-6(8)5-9;1-4(8)11-7-5(9)2-3-6(7)10;;/h10,13H,3-7H2,1-2H3,(H,11,14)(H,12,15);6,9H,1-5,7-8H2;2-3H2,1H3;2*1H4. The largest absolute Gasteiger partial charge is 0.395 e. The van der Waals surface area contributed by atoms with Gasteiger partial charge in [0.1, 0.15) is 0 Å². The molecule has 1 heterocycles. The summed E-state index contributed by atoms with van der Waals surface area (Å²) in [6.45, 7) is 5.46. The lowest BCUT2D eigenvalue weighted by molar-refractivity contribution is -0.195. The zero-order valence-corrected chi connectivity index (χ0v) is 21.1. The molecule has 1 aliphatic rings. The Hall–Kier alpha value is -2.61. The molecule has 0 bridgehead atoms. The maximum atomic E-state index is 10.7. The molecule has 0 radical (unpaired) electrons. The molecule has 4 amide bonds. The first-order chi connectivity index (χ1) is 16.5. The quantitative estimate of drug-likeness (QED) is 0.138. The average Bonchev–Trinajstić information content (AvgIpc) is 3.10. The van der Waals surface area contributed by atoms with Gasteiger partial charge in [-0.25, -0.2) is 4.79 Å². The molecule has 37 heavy (non-hydrogen) atoms. The number of nitrogens with one attached hydrogen (secondary N) is 2. The number of carbonyl (C=O) groups excluding carboxylic acids is 5. The highest BCUT2D eigenvalue weighted by Crippen LogP contribution is 2.11. The minimum atomic E-state index is -0.659. The van der Waals surface area contributed by atoms with Crippen LogP contribution in [0.25, 0.3) is 0 Å². The summed E-state index contributed by atoms with van der Waals surface area (Å²) in [6, 6.07) is -0.212. The minimum Gasteiger partial charge on any atom is -0.395 e. The first-order valence-corrected chi connectivity index (χ1v) is 11.7. The highest BCUT2D eigenvalue weighted by atomic mass is 16.7. The molecular weight excluding hydrogens is 486 g/mol. The van der Waals surface area contributed by atoms with Crippen molar-refractivity contribution in [3.63, 3.8) is 0 Å². The Morgan fingerprint density at radius 3 is 1.86 bits per heavy atom. The van der Waals surface area contributed by atoms with Gasteiger partial charge in [0, 0.05) is 46.2 Å². The number of hydrogen-bond donors (Lipinski definition) is 6. The van der Waals surface area contributed by atoms with E-state index in [4.69, 9.17) is 21.7 Å². The van der Waals surface area contributed by atoms with Gasteiger partial charge in [0.25, 0.3) is 11.8 Å². The van der Waals surface area contributed by atoms with Crippen molar-refractivity contribution >= 4 is 29.6 Å². The number of imide groups is 1. The zero-order chi connectivity index (χ0) is 27.2. The Morgan fingerprint density at radius 2 is 1.46 bits per heavy atom. The van der Waals surface area contributed by atoms with E-state index < -0.39 is 17.8 Å². The minimum absolute atomic E-state index is 0. The second kappa shape index (κ2) is 26.5. The van der Waals surface area contributed by atoms with Gasteiger partial charge in [-0.15, -0.1) is 5.06 Å². The third-order valence-electron chi connectivity index (χ3n) is 4.47. The molecule has 0 aromatic rings. The normalized spacial score (nSPS) is 13.3. The maximum Gasteiger partial charge on any atom is 0.330 e. The second-order valence-corrected chi connectivity index (χ2v) is 7.95. The fourth-order valence-electron chi connectivity index (χ4n) is 2.71. The summed E-state index contributed by atoms with van der Waals surface area (Å²) < 4.78 is 0. The molecule has 1 rings (SSSR count). The van der Waals surface area contributed by atoms with Crippen LogP contribution >= 0.6 is 0 Å². The predicted octanol–water partition coefficient (Wildman–Crippen LogP) is 0.111. The van der Waals surface area contributed by atoms with Crippen LogP contribution < -0.4 is 22.1 Å². The highest BCUT2D eigenvalue weighted by Gasteiger charge is 2.31. The third kappa shape index (κ3) is 26.3. The molecule has 220 valence electrons. The maximum absolute atomic E-state index is 10.7. The number of unbranched alkanes of at least 4 members (excludes halogenated alkanes) is 2. The summed E-state index contributed by atoms with van der Waals surface area (Å²) >= 11 is 0. The van der Waals surface area contributed by atoms with Crippen LogP contribution in [0.5, 0.6) is 0 Å². The summed E-state index contributed by atoms with van der Waals surface area (Å²) in [6.07, 6.45) is 5.63. The Morgan fingerprint density at radius 1 is 0.919 bits per heavy atom. The smallest absolute Gasteiger partial charge is 0.330 e. The van der Waals surface area contributed by atoms with Gasteiger partial charge in [-0.05, 0) is 38.6 Å². The predicted molar refractivity (Wildman–Crippen MR) is 142 cm³/mol. The lowest BCUT2D eigenvalue weighted by atomic mass is 10.1. The van der Waals surface area contributed by atoms with Gasteiger partial charge < -0.3 is 37.2 Å². The Balaban J connectivity index is -0.000000222. The summed E-state index contributed by atoms with van der Waals surface area (Å²) in [5, 5.41) is 23.3. The molecule has 8 N–H and O–H groups in total. The van der Waals surface area contributed by atoms with Gasteiger partial charge in [0.15, 0.2) is 0 Å². The van der Waals surface area contributed by atoms with E-state index in [0.717, 1.165) is 52.0 Å². The Bertz CT molecular complexity index is 633. The van der Waals surface area contributed by atoms with Crippen molar-refractivity contribution in [2.24, 2.45) is 11.5 Å². The summed E-state index contributed by atoms with van der Waals surface area (Å²) in [7, 11) is 0. The lowest BCUT2D eigenvalue weighted by Crippen LogP contribution is -2.36. The number of rotatable bonds is 13. The van der Waals surface area contributed by atoms with Gasteiger partial charge in [-0.2, -0.15) is 0 Å². The molecule has 0 aliphatic carbocycles. The number of nitrogens with zero attached hydrogens (tertiary/aromatic N) is 1. The van der Waals surface area contributed by atoms with Crippen LogP contribution in [-0.2, 0) is 28.8 Å². The topological polar surface area (TPSA) is 214 Å². The van der Waals surface area contributed by atoms with Crippen molar-refractivity contribution in [3.8, 4) is 0 Å². The fourth-order valence-corrected chi connectivity index (χ4v) is 2.71. The number of nitrogens with two attached hydrogens (primary N) is 2. The van der Waals surface area contributed by atoms with Crippen molar-refractivity contribution < 1.29 is 39.0 Å². The van der Waals surface area contributed by atoms with Crippen LogP contribution in [0.2, 0.25) is 0 Å². The van der Waals surface area contributed by atoms with E-state index in [1.165, 1.54) is 13.8 Å². The summed E-state index contributed by atoms with van der Waals surface area (Å²) in [4.78, 5) is 57.4. The number of amides is 4. The molecule has 0 aromatic carbocycles. The van der Waals surface area contributed by atoms with E-state index >= 15 is 0 Å². The average molecular weight is 538 g/mol. The van der Waals surface area contributed by atoms with E-state index in [9.17, 15) is 24.0 Å². The molecule has 1 saturated heterocycles. The van der Waals surface area contributed by atoms with E-state index in [2.05, 4.69) is 15.5 Å². The van der Waals surface area contributed by atoms with E-state index in [0.29, 0.717) is 11.6 Å². The van der Waals surface area contributed by atoms with Gasteiger partial charge in [0.2, 0.25) is 11.8 Å². The summed E-state index contributed by atoms with van der Waals surface area (Å²) in [5.74, 6) is -1.73. The number of hydrogen-bond acceptors (Lipinski definition) is 10. The number of carbonyl (C=O) groups is 5. The summed E-state index contributed by atoms with van der Waals surface area (Å²) in [5.41, 5.74) is 10.7. The molecular formula is C24H51N5O8. The molecule has 13 heteroatoms. The van der Waals surface area contributed by atoms with Crippen molar-refractivity contribution in [2.45, 2.75) is 99.1 Å². The SMILES string of the molecule is C.C.CC(=O)NCCCCC(CO)NC(C)=O.CC(=O)ON1C(=O)CCC1=O.NCCCCC(N)CO. The van der Waals surface area contributed by atoms with Gasteiger partial charge in [-0.1, -0.05) is 21.3 Å². The third-order valence-corrected chi connectivity index (χ3v) is 4.47. The van der Waals surface area contributed by atoms with Crippen LogP contribution in [0, 0.1) is 0 Å². The van der Waals surface area contributed by atoms with Crippen molar-refractivity contribution in [1.29, 1.82) is 0 Å².